The van der Waals surface area contributed by atoms with Crippen LogP contribution in [0.4, 0.5) is 10.6 Å². The average Bonchev–Trinajstić information content (AvgIpc) is 3.10. The number of pyridine rings is 1. The first kappa shape index (κ1) is 11.6. The number of amides is 1. The van der Waals surface area contributed by atoms with Gasteiger partial charge in [0.15, 0.2) is 0 Å². The minimum atomic E-state index is -1.16. The molecule has 2 rings (SSSR count). The molecule has 0 radical (unpaired) electrons. The van der Waals surface area contributed by atoms with Crippen molar-refractivity contribution in [1.82, 2.24) is 4.98 Å². The molecule has 0 spiro atoms. The summed E-state index contributed by atoms with van der Waals surface area (Å²) in [5, 5.41) is 19.9. The van der Waals surface area contributed by atoms with Crippen LogP contribution in [0.25, 0.3) is 6.08 Å². The molecule has 0 aromatic carbocycles. The van der Waals surface area contributed by atoms with Gasteiger partial charge in [0, 0.05) is 0 Å². The highest BCUT2D eigenvalue weighted by atomic mass is 16.4. The maximum atomic E-state index is 10.4. The lowest BCUT2D eigenvalue weighted by Crippen LogP contribution is -2.10. The van der Waals surface area contributed by atoms with E-state index in [-0.39, 0.29) is 12.4 Å². The normalized spacial score (nSPS) is 15.1. The first-order valence-corrected chi connectivity index (χ1v) is 5.48. The van der Waals surface area contributed by atoms with Crippen molar-refractivity contribution in [2.24, 2.45) is 5.92 Å². The molecule has 17 heavy (non-hydrogen) atoms. The maximum Gasteiger partial charge on any atom is 0.410 e. The zero-order chi connectivity index (χ0) is 12.3. The number of allylic oxidation sites excluding steroid dienone is 1. The van der Waals surface area contributed by atoms with Crippen molar-refractivity contribution in [3.8, 4) is 0 Å². The van der Waals surface area contributed by atoms with Crippen LogP contribution in [0.2, 0.25) is 0 Å². The third-order valence-electron chi connectivity index (χ3n) is 2.56. The van der Waals surface area contributed by atoms with Gasteiger partial charge in [-0.2, -0.15) is 0 Å². The summed E-state index contributed by atoms with van der Waals surface area (Å²) in [4.78, 5) is 14.5. The Labute approximate surface area is 98.8 Å². The lowest BCUT2D eigenvalue weighted by molar-refractivity contribution is 0.209. The van der Waals surface area contributed by atoms with Crippen LogP contribution in [-0.2, 0) is 6.61 Å². The van der Waals surface area contributed by atoms with Gasteiger partial charge in [-0.3, -0.25) is 5.32 Å². The van der Waals surface area contributed by atoms with E-state index in [0.29, 0.717) is 11.6 Å². The quantitative estimate of drug-likeness (QED) is 0.745. The van der Waals surface area contributed by atoms with Crippen molar-refractivity contribution in [2.75, 3.05) is 5.32 Å². The predicted octanol–water partition coefficient (Wildman–Crippen LogP) is 2.09. The molecular weight excluding hydrogens is 220 g/mol. The van der Waals surface area contributed by atoms with Gasteiger partial charge in [-0.05, 0) is 36.5 Å². The Morgan fingerprint density at radius 3 is 2.88 bits per heavy atom. The fraction of sp³-hybridized carbons (Fsp3) is 0.333. The van der Waals surface area contributed by atoms with Gasteiger partial charge >= 0.3 is 6.09 Å². The summed E-state index contributed by atoms with van der Waals surface area (Å²) in [6.07, 6.45) is 5.30. The van der Waals surface area contributed by atoms with Crippen LogP contribution in [0.5, 0.6) is 0 Å². The third-order valence-corrected chi connectivity index (χ3v) is 2.56. The predicted molar refractivity (Wildman–Crippen MR) is 63.6 cm³/mol. The second-order valence-corrected chi connectivity index (χ2v) is 4.02. The fourth-order valence-electron chi connectivity index (χ4n) is 1.50. The van der Waals surface area contributed by atoms with Crippen LogP contribution in [0, 0.1) is 5.92 Å². The number of aromatic nitrogens is 1. The number of rotatable bonds is 4. The highest BCUT2D eigenvalue weighted by Gasteiger charge is 2.17. The van der Waals surface area contributed by atoms with Crippen LogP contribution in [0.1, 0.15) is 24.1 Å². The summed E-state index contributed by atoms with van der Waals surface area (Å²) < 4.78 is 0. The number of aliphatic hydroxyl groups excluding tert-OH is 1. The van der Waals surface area contributed by atoms with E-state index in [1.165, 1.54) is 12.8 Å². The molecule has 0 saturated heterocycles. The standard InChI is InChI=1S/C12H14N2O3/c15-7-10-9(4-3-8-1-2-8)5-6-11(13-10)14-12(16)17/h3-6,8,15H,1-2,7H2,(H,13,14)(H,16,17)/b4-3+. The largest absolute Gasteiger partial charge is 0.465 e. The molecule has 1 aromatic rings. The Bertz CT molecular complexity index is 453. The highest BCUT2D eigenvalue weighted by molar-refractivity contribution is 5.81. The SMILES string of the molecule is O=C(O)Nc1ccc(/C=C/C2CC2)c(CO)n1. The fourth-order valence-corrected chi connectivity index (χ4v) is 1.50. The minimum absolute atomic E-state index is 0.209. The molecule has 0 aliphatic heterocycles. The van der Waals surface area contributed by atoms with E-state index < -0.39 is 6.09 Å². The van der Waals surface area contributed by atoms with Crippen molar-refractivity contribution in [2.45, 2.75) is 19.4 Å². The highest BCUT2D eigenvalue weighted by Crippen LogP contribution is 2.31. The molecule has 5 nitrogen and oxygen atoms in total. The molecule has 3 N–H and O–H groups in total. The Hall–Kier alpha value is -1.88. The second-order valence-electron chi connectivity index (χ2n) is 4.02. The van der Waals surface area contributed by atoms with E-state index in [4.69, 9.17) is 5.11 Å². The first-order chi connectivity index (χ1) is 8.19. The van der Waals surface area contributed by atoms with Crippen molar-refractivity contribution in [3.63, 3.8) is 0 Å². The topological polar surface area (TPSA) is 82.5 Å². The number of nitrogens with zero attached hydrogens (tertiary/aromatic N) is 1. The molecule has 0 atom stereocenters. The van der Waals surface area contributed by atoms with E-state index >= 15 is 0 Å². The van der Waals surface area contributed by atoms with Crippen LogP contribution in [-0.4, -0.2) is 21.3 Å². The number of nitrogens with one attached hydrogen (secondary N) is 1. The molecule has 0 bridgehead atoms. The molecule has 1 aliphatic rings. The second kappa shape index (κ2) is 4.97. The van der Waals surface area contributed by atoms with Crippen LogP contribution >= 0.6 is 0 Å². The first-order valence-electron chi connectivity index (χ1n) is 5.48. The number of hydrogen-bond acceptors (Lipinski definition) is 3. The van der Waals surface area contributed by atoms with Gasteiger partial charge in [0.1, 0.15) is 5.82 Å². The zero-order valence-electron chi connectivity index (χ0n) is 9.26. The molecule has 1 heterocycles. The van der Waals surface area contributed by atoms with Crippen LogP contribution in [0.3, 0.4) is 0 Å². The summed E-state index contributed by atoms with van der Waals surface area (Å²) in [6, 6.07) is 3.34. The third kappa shape index (κ3) is 3.29. The molecule has 1 aromatic heterocycles. The van der Waals surface area contributed by atoms with Gasteiger partial charge in [-0.15, -0.1) is 0 Å². The van der Waals surface area contributed by atoms with Crippen molar-refractivity contribution < 1.29 is 15.0 Å². The van der Waals surface area contributed by atoms with Crippen molar-refractivity contribution >= 4 is 18.0 Å². The van der Waals surface area contributed by atoms with Gasteiger partial charge in [0.05, 0.1) is 12.3 Å². The minimum Gasteiger partial charge on any atom is -0.465 e. The van der Waals surface area contributed by atoms with Crippen LogP contribution in [0.15, 0.2) is 18.2 Å². The van der Waals surface area contributed by atoms with E-state index in [1.807, 2.05) is 6.08 Å². The van der Waals surface area contributed by atoms with Crippen molar-refractivity contribution in [1.29, 1.82) is 0 Å². The summed E-state index contributed by atoms with van der Waals surface area (Å²) >= 11 is 0. The van der Waals surface area contributed by atoms with E-state index in [1.54, 1.807) is 12.1 Å². The van der Waals surface area contributed by atoms with Crippen molar-refractivity contribution in [3.05, 3.63) is 29.5 Å². The maximum absolute atomic E-state index is 10.4. The number of anilines is 1. The molecule has 1 fully saturated rings. The Kier molecular flexibility index (Phi) is 3.39. The molecule has 1 saturated carbocycles. The van der Waals surface area contributed by atoms with Gasteiger partial charge in [-0.25, -0.2) is 9.78 Å². The van der Waals surface area contributed by atoms with Crippen LogP contribution < -0.4 is 5.32 Å². The van der Waals surface area contributed by atoms with Gasteiger partial charge in [0.25, 0.3) is 0 Å². The smallest absolute Gasteiger partial charge is 0.410 e. The molecule has 1 amide bonds. The van der Waals surface area contributed by atoms with E-state index in [9.17, 15) is 9.90 Å². The van der Waals surface area contributed by atoms with Gasteiger partial charge in [0.2, 0.25) is 0 Å². The van der Waals surface area contributed by atoms with Gasteiger partial charge < -0.3 is 10.2 Å². The molecule has 5 heteroatoms. The Morgan fingerprint density at radius 1 is 1.53 bits per heavy atom. The lowest BCUT2D eigenvalue weighted by Gasteiger charge is -2.05. The summed E-state index contributed by atoms with van der Waals surface area (Å²) in [5.41, 5.74) is 1.31. The van der Waals surface area contributed by atoms with E-state index in [0.717, 1.165) is 5.56 Å². The summed E-state index contributed by atoms with van der Waals surface area (Å²) in [5.74, 6) is 0.878. The molecular formula is C12H14N2O3. The molecule has 1 aliphatic carbocycles. The average molecular weight is 234 g/mol. The number of carboxylic acid groups (broad SMARTS) is 1. The Balaban J connectivity index is 2.17. The van der Waals surface area contributed by atoms with Gasteiger partial charge in [-0.1, -0.05) is 12.2 Å². The Morgan fingerprint density at radius 2 is 2.29 bits per heavy atom. The summed E-state index contributed by atoms with van der Waals surface area (Å²) in [7, 11) is 0. The number of aliphatic hydroxyl groups is 1. The summed E-state index contributed by atoms with van der Waals surface area (Å²) in [6.45, 7) is -0.209. The zero-order valence-corrected chi connectivity index (χ0v) is 9.26. The molecule has 90 valence electrons. The van der Waals surface area contributed by atoms with E-state index in [2.05, 4.69) is 16.4 Å². The number of hydrogen-bond donors (Lipinski definition) is 3. The lowest BCUT2D eigenvalue weighted by atomic mass is 10.1. The monoisotopic (exact) mass is 234 g/mol. The number of carbonyl (C=O) groups is 1. The molecule has 0 unspecified atom stereocenters.